The first-order valence-corrected chi connectivity index (χ1v) is 9.41. The van der Waals surface area contributed by atoms with Gasteiger partial charge in [0, 0.05) is 37.5 Å². The molecule has 1 aliphatic heterocycles. The van der Waals surface area contributed by atoms with Crippen LogP contribution in [0, 0.1) is 0 Å². The van der Waals surface area contributed by atoms with Gasteiger partial charge in [-0.05, 0) is 24.3 Å². The standard InChI is InChI=1S/C16H16N6O3S/c23-26(24,15-3-1-5-17-9-15)21-10-13-4-8-20-22(13)14(11-21)12-25-16-18-6-2-7-19-16/h1-9,14H,10-12H2/t14-/m0/s1. The molecule has 134 valence electrons. The SMILES string of the molecule is O=S(=O)(c1cccnc1)N1Cc2ccnn2[C@H](COc2ncccn2)C1. The summed E-state index contributed by atoms with van der Waals surface area (Å²) >= 11 is 0. The number of pyridine rings is 1. The normalized spacial score (nSPS) is 17.6. The van der Waals surface area contributed by atoms with Crippen LogP contribution in [0.1, 0.15) is 11.7 Å². The van der Waals surface area contributed by atoms with Crippen LogP contribution in [-0.4, -0.2) is 50.6 Å². The third-order valence-corrected chi connectivity index (χ3v) is 5.87. The number of nitrogens with zero attached hydrogens (tertiary/aromatic N) is 6. The highest BCUT2D eigenvalue weighted by Crippen LogP contribution is 2.26. The molecule has 3 aromatic heterocycles. The van der Waals surface area contributed by atoms with E-state index in [0.717, 1.165) is 5.69 Å². The lowest BCUT2D eigenvalue weighted by Crippen LogP contribution is -2.43. The van der Waals surface area contributed by atoms with E-state index in [2.05, 4.69) is 20.1 Å². The number of sulfonamides is 1. The number of hydrogen-bond acceptors (Lipinski definition) is 7. The van der Waals surface area contributed by atoms with Gasteiger partial charge >= 0.3 is 6.01 Å². The summed E-state index contributed by atoms with van der Waals surface area (Å²) < 4.78 is 34.7. The average Bonchev–Trinajstić information content (AvgIpc) is 3.16. The van der Waals surface area contributed by atoms with E-state index in [0.29, 0.717) is 0 Å². The second-order valence-corrected chi connectivity index (χ2v) is 7.69. The van der Waals surface area contributed by atoms with Crippen LogP contribution >= 0.6 is 0 Å². The highest BCUT2D eigenvalue weighted by Gasteiger charge is 2.34. The molecule has 9 nitrogen and oxygen atoms in total. The maximum atomic E-state index is 12.9. The first kappa shape index (κ1) is 16.6. The minimum absolute atomic E-state index is 0.166. The molecule has 10 heteroatoms. The highest BCUT2D eigenvalue weighted by atomic mass is 32.2. The third-order valence-electron chi connectivity index (χ3n) is 4.07. The molecule has 0 fully saturated rings. The molecule has 26 heavy (non-hydrogen) atoms. The van der Waals surface area contributed by atoms with Gasteiger partial charge in [-0.25, -0.2) is 18.4 Å². The largest absolute Gasteiger partial charge is 0.461 e. The highest BCUT2D eigenvalue weighted by molar-refractivity contribution is 7.89. The zero-order valence-corrected chi connectivity index (χ0v) is 14.5. The molecule has 0 aromatic carbocycles. The minimum atomic E-state index is -3.66. The zero-order chi connectivity index (χ0) is 18.0. The molecule has 0 N–H and O–H groups in total. The Morgan fingerprint density at radius 2 is 1.96 bits per heavy atom. The van der Waals surface area contributed by atoms with Gasteiger partial charge in [0.05, 0.1) is 12.2 Å². The summed E-state index contributed by atoms with van der Waals surface area (Å²) in [6.45, 7) is 0.687. The van der Waals surface area contributed by atoms with Crippen LogP contribution in [0.4, 0.5) is 0 Å². The van der Waals surface area contributed by atoms with E-state index in [1.54, 1.807) is 47.7 Å². The average molecular weight is 372 g/mol. The fourth-order valence-corrected chi connectivity index (χ4v) is 4.25. The number of fused-ring (bicyclic) bond motifs is 1. The van der Waals surface area contributed by atoms with Crippen LogP contribution in [0.5, 0.6) is 6.01 Å². The van der Waals surface area contributed by atoms with Crippen molar-refractivity contribution >= 4 is 10.0 Å². The topological polar surface area (TPSA) is 103 Å². The maximum absolute atomic E-state index is 12.9. The van der Waals surface area contributed by atoms with Crippen molar-refractivity contribution < 1.29 is 13.2 Å². The van der Waals surface area contributed by atoms with E-state index in [1.165, 1.54) is 16.6 Å². The smallest absolute Gasteiger partial charge is 0.316 e. The van der Waals surface area contributed by atoms with Gasteiger partial charge in [0.2, 0.25) is 10.0 Å². The quantitative estimate of drug-likeness (QED) is 0.655. The number of ether oxygens (including phenoxy) is 1. The van der Waals surface area contributed by atoms with Crippen LogP contribution in [0.25, 0.3) is 0 Å². The molecular weight excluding hydrogens is 356 g/mol. The van der Waals surface area contributed by atoms with Gasteiger partial charge in [-0.1, -0.05) is 0 Å². The molecule has 0 amide bonds. The van der Waals surface area contributed by atoms with Crippen molar-refractivity contribution in [2.24, 2.45) is 0 Å². The molecule has 0 bridgehead atoms. The van der Waals surface area contributed by atoms with Crippen molar-refractivity contribution in [2.75, 3.05) is 13.2 Å². The first-order valence-electron chi connectivity index (χ1n) is 7.97. The number of aromatic nitrogens is 5. The fourth-order valence-electron chi connectivity index (χ4n) is 2.84. The molecule has 0 saturated heterocycles. The van der Waals surface area contributed by atoms with Crippen molar-refractivity contribution in [3.05, 3.63) is 60.9 Å². The zero-order valence-electron chi connectivity index (χ0n) is 13.7. The van der Waals surface area contributed by atoms with Crippen molar-refractivity contribution in [1.82, 2.24) is 29.0 Å². The van der Waals surface area contributed by atoms with Crippen LogP contribution in [0.3, 0.4) is 0 Å². The predicted molar refractivity (Wildman–Crippen MR) is 90.6 cm³/mol. The molecule has 0 aliphatic carbocycles. The molecule has 0 radical (unpaired) electrons. The second kappa shape index (κ2) is 6.81. The summed E-state index contributed by atoms with van der Waals surface area (Å²) in [6, 6.07) is 6.60. The lowest BCUT2D eigenvalue weighted by molar-refractivity contribution is 0.174. The minimum Gasteiger partial charge on any atom is -0.461 e. The molecule has 0 saturated carbocycles. The molecule has 1 aliphatic rings. The van der Waals surface area contributed by atoms with Crippen LogP contribution in [0.2, 0.25) is 0 Å². The van der Waals surface area contributed by atoms with Gasteiger partial charge in [-0.15, -0.1) is 0 Å². The predicted octanol–water partition coefficient (Wildman–Crippen LogP) is 0.893. The van der Waals surface area contributed by atoms with Crippen LogP contribution < -0.4 is 4.74 Å². The van der Waals surface area contributed by atoms with Gasteiger partial charge in [0.25, 0.3) is 0 Å². The van der Waals surface area contributed by atoms with E-state index in [-0.39, 0.29) is 36.6 Å². The Hall–Kier alpha value is -2.85. The Morgan fingerprint density at radius 3 is 2.73 bits per heavy atom. The van der Waals surface area contributed by atoms with E-state index < -0.39 is 10.0 Å². The summed E-state index contributed by atoms with van der Waals surface area (Å²) in [7, 11) is -3.66. The number of hydrogen-bond donors (Lipinski definition) is 0. The van der Waals surface area contributed by atoms with Crippen molar-refractivity contribution in [3.8, 4) is 6.01 Å². The Labute approximate surface area is 150 Å². The summed E-state index contributed by atoms with van der Waals surface area (Å²) in [5, 5.41) is 4.30. The molecule has 1 atom stereocenters. The van der Waals surface area contributed by atoms with Gasteiger partial charge < -0.3 is 4.74 Å². The lowest BCUT2D eigenvalue weighted by Gasteiger charge is -2.32. The molecule has 4 heterocycles. The summed E-state index contributed by atoms with van der Waals surface area (Å²) in [6.07, 6.45) is 7.72. The monoisotopic (exact) mass is 372 g/mol. The molecule has 0 spiro atoms. The van der Waals surface area contributed by atoms with E-state index >= 15 is 0 Å². The third kappa shape index (κ3) is 3.16. The second-order valence-electron chi connectivity index (χ2n) is 5.75. The lowest BCUT2D eigenvalue weighted by atomic mass is 10.2. The fraction of sp³-hybridized carbons (Fsp3) is 0.250. The first-order chi connectivity index (χ1) is 12.6. The van der Waals surface area contributed by atoms with Crippen LogP contribution in [0.15, 0.2) is 60.1 Å². The molecular formula is C16H16N6O3S. The van der Waals surface area contributed by atoms with Gasteiger partial charge in [-0.2, -0.15) is 9.40 Å². The van der Waals surface area contributed by atoms with Crippen molar-refractivity contribution in [1.29, 1.82) is 0 Å². The Balaban J connectivity index is 1.58. The van der Waals surface area contributed by atoms with Crippen molar-refractivity contribution in [2.45, 2.75) is 17.5 Å². The van der Waals surface area contributed by atoms with Gasteiger partial charge in [-0.3, -0.25) is 9.67 Å². The van der Waals surface area contributed by atoms with E-state index in [9.17, 15) is 8.42 Å². The molecule has 3 aromatic rings. The maximum Gasteiger partial charge on any atom is 0.316 e. The van der Waals surface area contributed by atoms with Gasteiger partial charge in [0.1, 0.15) is 17.5 Å². The Kier molecular flexibility index (Phi) is 4.35. The van der Waals surface area contributed by atoms with E-state index in [4.69, 9.17) is 4.74 Å². The summed E-state index contributed by atoms with van der Waals surface area (Å²) in [5.74, 6) is 0. The number of rotatable bonds is 5. The Bertz CT molecular complexity index is 977. The van der Waals surface area contributed by atoms with E-state index in [1.807, 2.05) is 0 Å². The summed E-state index contributed by atoms with van der Waals surface area (Å²) in [4.78, 5) is 12.1. The van der Waals surface area contributed by atoms with Crippen LogP contribution in [-0.2, 0) is 16.6 Å². The Morgan fingerprint density at radius 1 is 1.12 bits per heavy atom. The van der Waals surface area contributed by atoms with Crippen molar-refractivity contribution in [3.63, 3.8) is 0 Å². The summed E-state index contributed by atoms with van der Waals surface area (Å²) in [5.41, 5.74) is 0.797. The molecule has 0 unspecified atom stereocenters. The molecule has 4 rings (SSSR count). The van der Waals surface area contributed by atoms with Gasteiger partial charge in [0.15, 0.2) is 0 Å².